The van der Waals surface area contributed by atoms with Crippen LogP contribution in [-0.4, -0.2) is 36.9 Å². The highest BCUT2D eigenvalue weighted by Gasteiger charge is 2.36. The maximum atomic E-state index is 12.7. The van der Waals surface area contributed by atoms with Gasteiger partial charge in [0.05, 0.1) is 23.8 Å². The number of esters is 1. The summed E-state index contributed by atoms with van der Waals surface area (Å²) in [5, 5.41) is -0.350. The van der Waals surface area contributed by atoms with Gasteiger partial charge < -0.3 is 14.2 Å². The molecular formula is C22H21NO6S. The molecule has 2 aromatic carbocycles. The second kappa shape index (κ2) is 9.98. The first kappa shape index (κ1) is 21.4. The first-order valence-electron chi connectivity index (χ1n) is 9.41. The normalized spacial score (nSPS) is 14.9. The van der Waals surface area contributed by atoms with Gasteiger partial charge in [0.1, 0.15) is 0 Å². The molecule has 0 atom stereocenters. The van der Waals surface area contributed by atoms with Crippen LogP contribution in [0.2, 0.25) is 0 Å². The van der Waals surface area contributed by atoms with Crippen molar-refractivity contribution in [1.29, 1.82) is 0 Å². The lowest BCUT2D eigenvalue weighted by molar-refractivity contribution is -0.145. The quantitative estimate of drug-likeness (QED) is 0.460. The molecule has 1 heterocycles. The highest BCUT2D eigenvalue weighted by atomic mass is 32.2. The Morgan fingerprint density at radius 1 is 1.00 bits per heavy atom. The van der Waals surface area contributed by atoms with Crippen molar-refractivity contribution in [3.8, 4) is 11.5 Å². The summed E-state index contributed by atoms with van der Waals surface area (Å²) in [4.78, 5) is 38.1. The van der Waals surface area contributed by atoms with Gasteiger partial charge in [-0.25, -0.2) is 9.69 Å². The topological polar surface area (TPSA) is 82.1 Å². The number of amides is 2. The number of hydrogen-bond acceptors (Lipinski definition) is 7. The summed E-state index contributed by atoms with van der Waals surface area (Å²) in [6, 6.07) is 13.8. The van der Waals surface area contributed by atoms with E-state index in [2.05, 4.69) is 0 Å². The van der Waals surface area contributed by atoms with E-state index in [0.29, 0.717) is 34.3 Å². The number of carbonyl (C=O) groups excluding carboxylic acids is 3. The molecule has 0 N–H and O–H groups in total. The van der Waals surface area contributed by atoms with Crippen LogP contribution in [0.15, 0.2) is 53.4 Å². The van der Waals surface area contributed by atoms with Crippen LogP contribution in [0.3, 0.4) is 0 Å². The summed E-state index contributed by atoms with van der Waals surface area (Å²) in [7, 11) is 0. The third kappa shape index (κ3) is 5.01. The Kier molecular flexibility index (Phi) is 7.13. The minimum Gasteiger partial charge on any atom is -0.490 e. The molecule has 0 aromatic heterocycles. The zero-order valence-corrected chi connectivity index (χ0v) is 17.4. The molecule has 0 aliphatic carbocycles. The Morgan fingerprint density at radius 2 is 1.77 bits per heavy atom. The van der Waals surface area contributed by atoms with E-state index >= 15 is 0 Å². The highest BCUT2D eigenvalue weighted by Crippen LogP contribution is 2.37. The van der Waals surface area contributed by atoms with Gasteiger partial charge in [-0.15, -0.1) is 0 Å². The molecule has 1 aliphatic heterocycles. The third-order valence-electron chi connectivity index (χ3n) is 4.02. The average molecular weight is 427 g/mol. The smallest absolute Gasteiger partial charge is 0.344 e. The number of hydrogen-bond donors (Lipinski definition) is 0. The number of anilines is 1. The highest BCUT2D eigenvalue weighted by molar-refractivity contribution is 8.19. The molecule has 1 fully saturated rings. The summed E-state index contributed by atoms with van der Waals surface area (Å²) in [6.45, 7) is 3.98. The summed E-state index contributed by atoms with van der Waals surface area (Å²) in [6.07, 6.45) is 1.63. The van der Waals surface area contributed by atoms with Gasteiger partial charge in [0, 0.05) is 0 Å². The molecule has 30 heavy (non-hydrogen) atoms. The van der Waals surface area contributed by atoms with E-state index in [1.807, 2.05) is 13.0 Å². The van der Waals surface area contributed by atoms with Crippen LogP contribution in [0.4, 0.5) is 10.5 Å². The molecular weight excluding hydrogens is 406 g/mol. The van der Waals surface area contributed by atoms with Crippen LogP contribution in [0.5, 0.6) is 11.5 Å². The van der Waals surface area contributed by atoms with Gasteiger partial charge in [-0.3, -0.25) is 9.59 Å². The number of ether oxygens (including phenoxy) is 3. The van der Waals surface area contributed by atoms with Crippen LogP contribution in [0.1, 0.15) is 19.4 Å². The molecule has 0 radical (unpaired) electrons. The molecule has 1 aliphatic rings. The lowest BCUT2D eigenvalue weighted by atomic mass is 10.1. The Morgan fingerprint density at radius 3 is 2.47 bits per heavy atom. The Bertz CT molecular complexity index is 973. The van der Waals surface area contributed by atoms with Gasteiger partial charge in [-0.1, -0.05) is 24.3 Å². The molecule has 0 bridgehead atoms. The Hall–Kier alpha value is -3.26. The number of thioether (sulfide) groups is 1. The van der Waals surface area contributed by atoms with Crippen molar-refractivity contribution in [1.82, 2.24) is 0 Å². The van der Waals surface area contributed by atoms with Crippen LogP contribution in [0, 0.1) is 0 Å². The molecule has 0 spiro atoms. The molecule has 2 amide bonds. The van der Waals surface area contributed by atoms with E-state index in [4.69, 9.17) is 14.2 Å². The number of para-hydroxylation sites is 1. The maximum Gasteiger partial charge on any atom is 0.344 e. The van der Waals surface area contributed by atoms with Crippen molar-refractivity contribution < 1.29 is 28.6 Å². The van der Waals surface area contributed by atoms with E-state index in [1.165, 1.54) is 0 Å². The average Bonchev–Trinajstić information content (AvgIpc) is 3.01. The van der Waals surface area contributed by atoms with Crippen molar-refractivity contribution >= 4 is 40.6 Å². The SMILES string of the molecule is CCOC(=O)COc1ccc(/C=C2\SC(=O)N(c3ccccc3)C2=O)cc1OCC. The lowest BCUT2D eigenvalue weighted by Gasteiger charge is -2.12. The molecule has 8 heteroatoms. The Balaban J connectivity index is 1.81. The fourth-order valence-electron chi connectivity index (χ4n) is 2.76. The molecule has 7 nitrogen and oxygen atoms in total. The number of rotatable bonds is 8. The molecule has 156 valence electrons. The van der Waals surface area contributed by atoms with Crippen LogP contribution >= 0.6 is 11.8 Å². The van der Waals surface area contributed by atoms with Crippen LogP contribution in [-0.2, 0) is 14.3 Å². The first-order chi connectivity index (χ1) is 14.5. The summed E-state index contributed by atoms with van der Waals surface area (Å²) in [5.74, 6) is -0.0345. The maximum absolute atomic E-state index is 12.7. The second-order valence-corrected chi connectivity index (χ2v) is 7.08. The van der Waals surface area contributed by atoms with Crippen molar-refractivity contribution in [3.05, 3.63) is 59.0 Å². The number of benzene rings is 2. The van der Waals surface area contributed by atoms with E-state index in [-0.39, 0.29) is 24.4 Å². The van der Waals surface area contributed by atoms with Crippen molar-refractivity contribution in [2.45, 2.75) is 13.8 Å². The van der Waals surface area contributed by atoms with Gasteiger partial charge >= 0.3 is 5.97 Å². The zero-order chi connectivity index (χ0) is 21.5. The standard InChI is InChI=1S/C22H21NO6S/c1-3-27-18-12-15(10-11-17(18)29-14-20(24)28-4-2)13-19-21(25)23(22(26)30-19)16-8-6-5-7-9-16/h5-13H,3-4,14H2,1-2H3/b19-13-. The summed E-state index contributed by atoms with van der Waals surface area (Å²) < 4.78 is 15.9. The van der Waals surface area contributed by atoms with Crippen molar-refractivity contribution in [2.24, 2.45) is 0 Å². The fourth-order valence-corrected chi connectivity index (χ4v) is 3.60. The Labute approximate surface area is 178 Å². The van der Waals surface area contributed by atoms with Crippen molar-refractivity contribution in [3.63, 3.8) is 0 Å². The van der Waals surface area contributed by atoms with Gasteiger partial charge in [-0.2, -0.15) is 0 Å². The van der Waals surface area contributed by atoms with Crippen molar-refractivity contribution in [2.75, 3.05) is 24.7 Å². The van der Waals surface area contributed by atoms with Crippen LogP contribution in [0.25, 0.3) is 6.08 Å². The third-order valence-corrected chi connectivity index (χ3v) is 4.89. The molecule has 1 saturated heterocycles. The fraction of sp³-hybridized carbons (Fsp3) is 0.227. The number of carbonyl (C=O) groups is 3. The number of nitrogens with zero attached hydrogens (tertiary/aromatic N) is 1. The molecule has 0 saturated carbocycles. The largest absolute Gasteiger partial charge is 0.490 e. The van der Waals surface area contributed by atoms with E-state index in [9.17, 15) is 14.4 Å². The second-order valence-electron chi connectivity index (χ2n) is 6.09. The van der Waals surface area contributed by atoms with Gasteiger partial charge in [0.2, 0.25) is 0 Å². The number of imide groups is 1. The lowest BCUT2D eigenvalue weighted by Crippen LogP contribution is -2.27. The first-order valence-corrected chi connectivity index (χ1v) is 10.2. The van der Waals surface area contributed by atoms with E-state index in [1.54, 1.807) is 55.5 Å². The molecule has 2 aromatic rings. The summed E-state index contributed by atoms with van der Waals surface area (Å²) >= 11 is 0.880. The minimum atomic E-state index is -0.474. The van der Waals surface area contributed by atoms with Gasteiger partial charge in [0.15, 0.2) is 18.1 Å². The van der Waals surface area contributed by atoms with Gasteiger partial charge in [0.25, 0.3) is 11.1 Å². The zero-order valence-electron chi connectivity index (χ0n) is 16.6. The van der Waals surface area contributed by atoms with Crippen LogP contribution < -0.4 is 14.4 Å². The monoisotopic (exact) mass is 427 g/mol. The minimum absolute atomic E-state index is 0.233. The predicted molar refractivity (Wildman–Crippen MR) is 115 cm³/mol. The van der Waals surface area contributed by atoms with Gasteiger partial charge in [-0.05, 0) is 61.5 Å². The molecule has 0 unspecified atom stereocenters. The predicted octanol–water partition coefficient (Wildman–Crippen LogP) is 4.27. The van der Waals surface area contributed by atoms with E-state index < -0.39 is 5.97 Å². The van der Waals surface area contributed by atoms with E-state index in [0.717, 1.165) is 16.7 Å². The molecule has 3 rings (SSSR count). The summed E-state index contributed by atoms with van der Waals surface area (Å²) in [5.41, 5.74) is 1.20.